The molecule has 0 amide bonds. The minimum Gasteiger partial charge on any atom is -0.366 e. The lowest BCUT2D eigenvalue weighted by atomic mass is 9.99. The number of thioether (sulfide) groups is 1. The molecule has 2 aromatic heterocycles. The van der Waals surface area contributed by atoms with Gasteiger partial charge in [-0.3, -0.25) is 0 Å². The monoisotopic (exact) mass is 460 g/mol. The lowest BCUT2D eigenvalue weighted by Crippen LogP contribution is -2.46. The fraction of sp³-hybridized carbons (Fsp3) is 0.400. The van der Waals surface area contributed by atoms with Gasteiger partial charge in [-0.2, -0.15) is 10.4 Å². The van der Waals surface area contributed by atoms with Crippen molar-refractivity contribution in [2.75, 3.05) is 7.05 Å². The van der Waals surface area contributed by atoms with Crippen LogP contribution in [0.1, 0.15) is 42.5 Å². The first-order valence-electron chi connectivity index (χ1n) is 11.5. The first-order valence-corrected chi connectivity index (χ1v) is 12.3. The van der Waals surface area contributed by atoms with Crippen LogP contribution < -0.4 is 5.32 Å². The van der Waals surface area contributed by atoms with Gasteiger partial charge in [0.1, 0.15) is 11.9 Å². The summed E-state index contributed by atoms with van der Waals surface area (Å²) in [5.74, 6) is -0.227. The number of imidazole rings is 1. The lowest BCUT2D eigenvalue weighted by Gasteiger charge is -2.38. The van der Waals surface area contributed by atoms with Gasteiger partial charge in [0, 0.05) is 41.2 Å². The van der Waals surface area contributed by atoms with E-state index in [1.165, 1.54) is 23.9 Å². The highest BCUT2D eigenvalue weighted by atomic mass is 32.2. The van der Waals surface area contributed by atoms with Crippen LogP contribution in [0.25, 0.3) is 16.9 Å². The largest absolute Gasteiger partial charge is 0.366 e. The van der Waals surface area contributed by atoms with Gasteiger partial charge in [0.15, 0.2) is 5.65 Å². The van der Waals surface area contributed by atoms with Crippen molar-refractivity contribution >= 4 is 17.4 Å². The van der Waals surface area contributed by atoms with Gasteiger partial charge in [0.2, 0.25) is 0 Å². The molecule has 0 aliphatic carbocycles. The van der Waals surface area contributed by atoms with Crippen molar-refractivity contribution in [1.29, 1.82) is 5.26 Å². The van der Waals surface area contributed by atoms with Gasteiger partial charge in [0.25, 0.3) is 0 Å². The third kappa shape index (κ3) is 3.60. The van der Waals surface area contributed by atoms with Crippen molar-refractivity contribution in [2.24, 2.45) is 0 Å². The van der Waals surface area contributed by atoms with E-state index in [0.717, 1.165) is 29.0 Å². The Labute approximate surface area is 196 Å². The summed E-state index contributed by atoms with van der Waals surface area (Å²) in [7, 11) is 2.18. The normalized spacial score (nSPS) is 23.8. The molecule has 6 nitrogen and oxygen atoms in total. The van der Waals surface area contributed by atoms with E-state index in [1.807, 2.05) is 13.0 Å². The summed E-state index contributed by atoms with van der Waals surface area (Å²) in [5, 5.41) is 19.1. The molecule has 0 radical (unpaired) electrons. The van der Waals surface area contributed by atoms with Crippen LogP contribution in [0.2, 0.25) is 0 Å². The minimum absolute atomic E-state index is 0.227. The van der Waals surface area contributed by atoms with Gasteiger partial charge in [0.05, 0.1) is 28.2 Å². The van der Waals surface area contributed by atoms with E-state index >= 15 is 4.39 Å². The minimum atomic E-state index is -0.227. The Kier molecular flexibility index (Phi) is 4.93. The summed E-state index contributed by atoms with van der Waals surface area (Å²) < 4.78 is 16.7. The molecule has 2 bridgehead atoms. The Balaban J connectivity index is 1.32. The number of piperidine rings is 1. The summed E-state index contributed by atoms with van der Waals surface area (Å²) >= 11 is 1.64. The Morgan fingerprint density at radius 1 is 1.24 bits per heavy atom. The third-order valence-corrected chi connectivity index (χ3v) is 8.40. The van der Waals surface area contributed by atoms with Crippen molar-refractivity contribution in [3.05, 3.63) is 58.1 Å². The highest BCUT2D eigenvalue weighted by Gasteiger charge is 2.36. The topological polar surface area (TPSA) is 69.2 Å². The smallest absolute Gasteiger partial charge is 0.171 e. The number of rotatable bonds is 3. The number of hydrogen-bond donors (Lipinski definition) is 1. The fourth-order valence-corrected chi connectivity index (χ4v) is 6.62. The maximum Gasteiger partial charge on any atom is 0.171 e. The Hall–Kier alpha value is -2.89. The van der Waals surface area contributed by atoms with Crippen LogP contribution in [-0.4, -0.2) is 44.7 Å². The van der Waals surface area contributed by atoms with Gasteiger partial charge in [-0.25, -0.2) is 13.9 Å². The SMILES string of the molecule is Cc1cn2nc(-c3cc(F)c4c(c3)SC(N(C)C3CC5CCC(C3)N5)=CC4)cc(C#N)c2n1. The van der Waals surface area contributed by atoms with Crippen molar-refractivity contribution in [1.82, 2.24) is 24.8 Å². The fourth-order valence-electron chi connectivity index (χ4n) is 5.45. The summed E-state index contributed by atoms with van der Waals surface area (Å²) in [5.41, 5.74) is 3.71. The van der Waals surface area contributed by atoms with E-state index in [9.17, 15) is 5.26 Å². The number of allylic oxidation sites excluding steroid dienone is 1. The molecule has 2 saturated heterocycles. The van der Waals surface area contributed by atoms with E-state index in [2.05, 4.69) is 39.5 Å². The third-order valence-electron chi connectivity index (χ3n) is 7.16. The highest BCUT2D eigenvalue weighted by Crippen LogP contribution is 2.42. The number of nitrogens with one attached hydrogen (secondary N) is 1. The molecule has 6 rings (SSSR count). The summed E-state index contributed by atoms with van der Waals surface area (Å²) in [6.45, 7) is 1.86. The van der Waals surface area contributed by atoms with Crippen LogP contribution in [-0.2, 0) is 6.42 Å². The van der Waals surface area contributed by atoms with Crippen LogP contribution in [0, 0.1) is 24.1 Å². The van der Waals surface area contributed by atoms with E-state index in [4.69, 9.17) is 0 Å². The zero-order valence-electron chi connectivity index (χ0n) is 18.7. The van der Waals surface area contributed by atoms with E-state index in [0.29, 0.717) is 47.0 Å². The lowest BCUT2D eigenvalue weighted by molar-refractivity contribution is 0.219. The second kappa shape index (κ2) is 7.86. The van der Waals surface area contributed by atoms with Crippen molar-refractivity contribution < 1.29 is 4.39 Å². The molecular weight excluding hydrogens is 435 g/mol. The van der Waals surface area contributed by atoms with Crippen LogP contribution in [0.15, 0.2) is 40.4 Å². The van der Waals surface area contributed by atoms with Crippen molar-refractivity contribution in [3.8, 4) is 17.3 Å². The number of fused-ring (bicyclic) bond motifs is 4. The Morgan fingerprint density at radius 3 is 2.79 bits per heavy atom. The molecule has 2 atom stereocenters. The number of nitriles is 1. The molecule has 8 heteroatoms. The Bertz CT molecular complexity index is 1330. The van der Waals surface area contributed by atoms with Gasteiger partial charge < -0.3 is 10.2 Å². The average molecular weight is 461 g/mol. The number of aryl methyl sites for hydroxylation is 1. The molecule has 5 heterocycles. The number of nitrogens with zero attached hydrogens (tertiary/aromatic N) is 5. The maximum atomic E-state index is 15.1. The van der Waals surface area contributed by atoms with Gasteiger partial charge in [-0.15, -0.1) is 0 Å². The number of aromatic nitrogens is 3. The van der Waals surface area contributed by atoms with Crippen LogP contribution in [0.5, 0.6) is 0 Å². The van der Waals surface area contributed by atoms with Gasteiger partial charge in [-0.1, -0.05) is 11.8 Å². The quantitative estimate of drug-likeness (QED) is 0.624. The zero-order valence-corrected chi connectivity index (χ0v) is 19.5. The molecule has 3 aliphatic heterocycles. The summed E-state index contributed by atoms with van der Waals surface area (Å²) in [6, 6.07) is 9.21. The van der Waals surface area contributed by atoms with E-state index in [-0.39, 0.29) is 5.82 Å². The standard InChI is InChI=1S/C25H25FN6S/c1-14-13-32-25(28-14)16(12-27)8-22(30-32)15-7-21(26)20-5-6-24(33-23(20)9-15)31(2)19-10-17-3-4-18(11-19)29-17/h6-9,13,17-19,29H,3-5,10-11H2,1-2H3. The molecule has 1 aromatic carbocycles. The van der Waals surface area contributed by atoms with Crippen LogP contribution >= 0.6 is 11.8 Å². The molecule has 168 valence electrons. The zero-order chi connectivity index (χ0) is 22.7. The molecule has 1 N–H and O–H groups in total. The molecule has 3 aliphatic rings. The highest BCUT2D eigenvalue weighted by molar-refractivity contribution is 8.03. The van der Waals surface area contributed by atoms with E-state index in [1.54, 1.807) is 28.5 Å². The van der Waals surface area contributed by atoms with Gasteiger partial charge in [-0.05, 0) is 63.3 Å². The van der Waals surface area contributed by atoms with Crippen molar-refractivity contribution in [3.63, 3.8) is 0 Å². The Morgan fingerprint density at radius 2 is 2.03 bits per heavy atom. The molecular formula is C25H25FN6S. The number of benzene rings is 1. The molecule has 33 heavy (non-hydrogen) atoms. The second-order valence-corrected chi connectivity index (χ2v) is 10.4. The summed E-state index contributed by atoms with van der Waals surface area (Å²) in [6.07, 6.45) is 9.41. The molecule has 0 saturated carbocycles. The predicted octanol–water partition coefficient (Wildman–Crippen LogP) is 4.42. The number of hydrogen-bond acceptors (Lipinski definition) is 6. The molecule has 0 spiro atoms. The molecule has 2 fully saturated rings. The average Bonchev–Trinajstić information content (AvgIpc) is 3.37. The van der Waals surface area contributed by atoms with E-state index < -0.39 is 0 Å². The van der Waals surface area contributed by atoms with Crippen LogP contribution in [0.4, 0.5) is 4.39 Å². The first-order chi connectivity index (χ1) is 16.0. The molecule has 2 unspecified atom stereocenters. The predicted molar refractivity (Wildman–Crippen MR) is 126 cm³/mol. The maximum absolute atomic E-state index is 15.1. The van der Waals surface area contributed by atoms with Crippen LogP contribution in [0.3, 0.4) is 0 Å². The van der Waals surface area contributed by atoms with Gasteiger partial charge >= 0.3 is 0 Å². The molecule has 3 aromatic rings. The second-order valence-electron chi connectivity index (χ2n) is 9.36. The first kappa shape index (κ1) is 20.7. The number of halogens is 1. The van der Waals surface area contributed by atoms with Crippen molar-refractivity contribution in [2.45, 2.75) is 62.0 Å². The summed E-state index contributed by atoms with van der Waals surface area (Å²) in [4.78, 5) is 7.70.